The lowest BCUT2D eigenvalue weighted by Crippen LogP contribution is -2.12. The van der Waals surface area contributed by atoms with Gasteiger partial charge >= 0.3 is 5.97 Å². The molecule has 1 N–H and O–H groups in total. The highest BCUT2D eigenvalue weighted by atomic mass is 35.5. The van der Waals surface area contributed by atoms with Crippen molar-refractivity contribution >= 4 is 39.6 Å². The molecule has 1 atom stereocenters. The lowest BCUT2D eigenvalue weighted by Gasteiger charge is -2.18. The highest BCUT2D eigenvalue weighted by Crippen LogP contribution is 2.41. The zero-order valence-corrected chi connectivity index (χ0v) is 16.5. The Bertz CT molecular complexity index is 1180. The van der Waals surface area contributed by atoms with Gasteiger partial charge in [-0.05, 0) is 42.8 Å². The molecule has 28 heavy (non-hydrogen) atoms. The maximum Gasteiger partial charge on any atom is 0.306 e. The van der Waals surface area contributed by atoms with Gasteiger partial charge in [0.2, 0.25) is 5.89 Å². The lowest BCUT2D eigenvalue weighted by molar-refractivity contribution is -0.140. The van der Waals surface area contributed by atoms with Crippen LogP contribution in [0.2, 0.25) is 5.02 Å². The van der Waals surface area contributed by atoms with Crippen molar-refractivity contribution in [3.8, 4) is 5.75 Å². The van der Waals surface area contributed by atoms with Crippen LogP contribution in [0.25, 0.3) is 22.0 Å². The number of nitrogens with zero attached hydrogens (tertiary/aromatic N) is 1. The third kappa shape index (κ3) is 3.10. The molecule has 4 aromatic rings. The van der Waals surface area contributed by atoms with Gasteiger partial charge in [-0.15, -0.1) is 0 Å². The van der Waals surface area contributed by atoms with Gasteiger partial charge in [0.05, 0.1) is 26.6 Å². The first-order valence-corrected chi connectivity index (χ1v) is 9.17. The zero-order valence-electron chi connectivity index (χ0n) is 15.7. The number of oxazole rings is 1. The van der Waals surface area contributed by atoms with Crippen molar-refractivity contribution < 1.29 is 18.7 Å². The first-order valence-electron chi connectivity index (χ1n) is 8.79. The molecule has 0 amide bonds. The normalized spacial score (nSPS) is 12.4. The summed E-state index contributed by atoms with van der Waals surface area (Å²) in [6.07, 6.45) is 1.93. The Morgan fingerprint density at radius 1 is 1.29 bits per heavy atom. The van der Waals surface area contributed by atoms with Gasteiger partial charge in [-0.25, -0.2) is 4.98 Å². The number of aryl methyl sites for hydroxylation is 1. The van der Waals surface area contributed by atoms with E-state index in [1.807, 2.05) is 25.3 Å². The van der Waals surface area contributed by atoms with Gasteiger partial charge in [0.15, 0.2) is 5.58 Å². The van der Waals surface area contributed by atoms with Crippen LogP contribution in [0.4, 0.5) is 0 Å². The highest BCUT2D eigenvalue weighted by Gasteiger charge is 2.29. The summed E-state index contributed by atoms with van der Waals surface area (Å²) in [4.78, 5) is 20.1. The first-order chi connectivity index (χ1) is 13.5. The van der Waals surface area contributed by atoms with Gasteiger partial charge in [0, 0.05) is 27.7 Å². The van der Waals surface area contributed by atoms with E-state index in [4.69, 9.17) is 25.5 Å². The number of aromatic amines is 1. The van der Waals surface area contributed by atoms with Crippen LogP contribution in [0.3, 0.4) is 0 Å². The summed E-state index contributed by atoms with van der Waals surface area (Å²) in [5.74, 6) is 0.232. The summed E-state index contributed by atoms with van der Waals surface area (Å²) >= 11 is 6.08. The number of hydrogen-bond donors (Lipinski definition) is 1. The van der Waals surface area contributed by atoms with Gasteiger partial charge in [-0.1, -0.05) is 11.6 Å². The number of carbonyl (C=O) groups is 1. The third-order valence-corrected chi connectivity index (χ3v) is 5.11. The highest BCUT2D eigenvalue weighted by molar-refractivity contribution is 6.31. The number of aromatic nitrogens is 2. The van der Waals surface area contributed by atoms with Crippen molar-refractivity contribution in [2.75, 3.05) is 14.2 Å². The van der Waals surface area contributed by atoms with Crippen molar-refractivity contribution in [3.63, 3.8) is 0 Å². The molecule has 6 nitrogen and oxygen atoms in total. The SMILES string of the molecule is COC(=O)CC(c1nc2cc(Cl)ccc2o1)c1c(OC)cc(C)c2[nH]ccc12. The zero-order chi connectivity index (χ0) is 19.8. The second-order valence-electron chi connectivity index (χ2n) is 6.57. The topological polar surface area (TPSA) is 77.3 Å². The van der Waals surface area contributed by atoms with Gasteiger partial charge in [0.25, 0.3) is 0 Å². The Hall–Kier alpha value is -2.99. The number of nitrogens with one attached hydrogen (secondary N) is 1. The fraction of sp³-hybridized carbons (Fsp3) is 0.238. The lowest BCUT2D eigenvalue weighted by atomic mass is 9.90. The monoisotopic (exact) mass is 398 g/mol. The molecule has 0 aliphatic carbocycles. The van der Waals surface area contributed by atoms with E-state index in [1.165, 1.54) is 7.11 Å². The average Bonchev–Trinajstić information content (AvgIpc) is 3.33. The van der Waals surface area contributed by atoms with Crippen LogP contribution in [0, 0.1) is 6.92 Å². The minimum atomic E-state index is -0.479. The Labute approximate surface area is 166 Å². The molecule has 0 fully saturated rings. The van der Waals surface area contributed by atoms with Crippen LogP contribution in [0.1, 0.15) is 29.4 Å². The van der Waals surface area contributed by atoms with Crippen molar-refractivity contribution in [2.45, 2.75) is 19.3 Å². The molecule has 0 spiro atoms. The second-order valence-corrected chi connectivity index (χ2v) is 7.01. The van der Waals surface area contributed by atoms with Gasteiger partial charge < -0.3 is 18.9 Å². The van der Waals surface area contributed by atoms with E-state index in [0.717, 1.165) is 22.0 Å². The van der Waals surface area contributed by atoms with Crippen LogP contribution >= 0.6 is 11.6 Å². The van der Waals surface area contributed by atoms with E-state index in [0.29, 0.717) is 27.8 Å². The Kier molecular flexibility index (Phi) is 4.73. The maximum absolute atomic E-state index is 12.2. The molecular formula is C21H19ClN2O4. The molecule has 0 radical (unpaired) electrons. The minimum absolute atomic E-state index is 0.0662. The van der Waals surface area contributed by atoms with E-state index in [-0.39, 0.29) is 12.4 Å². The number of methoxy groups -OCH3 is 2. The number of H-pyrrole nitrogens is 1. The third-order valence-electron chi connectivity index (χ3n) is 4.88. The van der Waals surface area contributed by atoms with Crippen molar-refractivity contribution in [3.05, 3.63) is 58.6 Å². The summed E-state index contributed by atoms with van der Waals surface area (Å²) in [7, 11) is 2.97. The van der Waals surface area contributed by atoms with Crippen molar-refractivity contribution in [2.24, 2.45) is 0 Å². The van der Waals surface area contributed by atoms with E-state index in [2.05, 4.69) is 9.97 Å². The molecule has 0 aliphatic rings. The molecule has 4 rings (SSSR count). The predicted octanol–water partition coefficient (Wildman–Crippen LogP) is 4.97. The Morgan fingerprint density at radius 2 is 2.11 bits per heavy atom. The molecule has 0 aliphatic heterocycles. The van der Waals surface area contributed by atoms with E-state index in [9.17, 15) is 4.79 Å². The molecule has 0 saturated carbocycles. The first kappa shape index (κ1) is 18.4. The minimum Gasteiger partial charge on any atom is -0.496 e. The van der Waals surface area contributed by atoms with Crippen LogP contribution in [0.15, 0.2) is 40.9 Å². The average molecular weight is 399 g/mol. The second kappa shape index (κ2) is 7.20. The summed E-state index contributed by atoms with van der Waals surface area (Å²) < 4.78 is 16.6. The predicted molar refractivity (Wildman–Crippen MR) is 107 cm³/mol. The van der Waals surface area contributed by atoms with Crippen molar-refractivity contribution in [1.82, 2.24) is 9.97 Å². The van der Waals surface area contributed by atoms with Gasteiger partial charge in [-0.3, -0.25) is 4.79 Å². The molecule has 1 unspecified atom stereocenters. The molecule has 2 heterocycles. The quantitative estimate of drug-likeness (QED) is 0.480. The van der Waals surface area contributed by atoms with E-state index < -0.39 is 5.92 Å². The summed E-state index contributed by atoms with van der Waals surface area (Å²) in [5.41, 5.74) is 4.08. The number of benzene rings is 2. The van der Waals surface area contributed by atoms with Crippen LogP contribution < -0.4 is 4.74 Å². The molecular weight excluding hydrogens is 380 g/mol. The fourth-order valence-electron chi connectivity index (χ4n) is 3.56. The molecule has 0 bridgehead atoms. The molecule has 144 valence electrons. The number of fused-ring (bicyclic) bond motifs is 2. The largest absolute Gasteiger partial charge is 0.496 e. The van der Waals surface area contributed by atoms with Crippen LogP contribution in [0.5, 0.6) is 5.75 Å². The smallest absolute Gasteiger partial charge is 0.306 e. The number of ether oxygens (including phenoxy) is 2. The van der Waals surface area contributed by atoms with Gasteiger partial charge in [-0.2, -0.15) is 0 Å². The van der Waals surface area contributed by atoms with E-state index in [1.54, 1.807) is 25.3 Å². The maximum atomic E-state index is 12.2. The molecule has 2 aromatic heterocycles. The number of halogens is 1. The molecule has 2 aromatic carbocycles. The Morgan fingerprint density at radius 3 is 2.86 bits per heavy atom. The number of esters is 1. The number of carbonyl (C=O) groups excluding carboxylic acids is 1. The van der Waals surface area contributed by atoms with Crippen LogP contribution in [-0.2, 0) is 9.53 Å². The number of rotatable bonds is 5. The fourth-order valence-corrected chi connectivity index (χ4v) is 3.72. The summed E-state index contributed by atoms with van der Waals surface area (Å²) in [6, 6.07) is 9.14. The summed E-state index contributed by atoms with van der Waals surface area (Å²) in [6.45, 7) is 2.00. The molecule has 7 heteroatoms. The van der Waals surface area contributed by atoms with Crippen molar-refractivity contribution in [1.29, 1.82) is 0 Å². The van der Waals surface area contributed by atoms with Crippen LogP contribution in [-0.4, -0.2) is 30.2 Å². The van der Waals surface area contributed by atoms with E-state index >= 15 is 0 Å². The summed E-state index contributed by atoms with van der Waals surface area (Å²) in [5, 5.41) is 1.52. The van der Waals surface area contributed by atoms with Gasteiger partial charge in [0.1, 0.15) is 11.3 Å². The number of hydrogen-bond acceptors (Lipinski definition) is 5. The molecule has 0 saturated heterocycles. The Balaban J connectivity index is 1.96. The standard InChI is InChI=1S/C21H19ClN2O4/c1-11-8-17(26-2)19(13-6-7-23-20(11)13)14(10-18(25)27-3)21-24-15-9-12(22)4-5-16(15)28-21/h4-9,14,23H,10H2,1-3H3.